The summed E-state index contributed by atoms with van der Waals surface area (Å²) in [6, 6.07) is 0. The van der Waals surface area contributed by atoms with E-state index < -0.39 is 97.2 Å². The smallest absolute Gasteiger partial charge is 0.331 e. The van der Waals surface area contributed by atoms with Gasteiger partial charge in [0.1, 0.15) is 5.78 Å². The molecule has 0 saturated heterocycles. The van der Waals surface area contributed by atoms with Gasteiger partial charge in [0.25, 0.3) is 0 Å². The van der Waals surface area contributed by atoms with Gasteiger partial charge < -0.3 is 77.2 Å². The van der Waals surface area contributed by atoms with Gasteiger partial charge in [0.2, 0.25) is 0 Å². The van der Waals surface area contributed by atoms with Gasteiger partial charge in [-0.2, -0.15) is 0 Å². The molecular weight excluding hydrogens is 1040 g/mol. The Morgan fingerprint density at radius 3 is 1.47 bits per heavy atom. The van der Waals surface area contributed by atoms with Crippen LogP contribution in [0.4, 0.5) is 0 Å². The molecule has 0 amide bonds. The van der Waals surface area contributed by atoms with Crippen LogP contribution in [0.1, 0.15) is 124 Å². The summed E-state index contributed by atoms with van der Waals surface area (Å²) in [6.45, 7) is 7.25. The van der Waals surface area contributed by atoms with Crippen molar-refractivity contribution in [2.75, 3.05) is 6.54 Å². The van der Waals surface area contributed by atoms with E-state index in [1.165, 1.54) is 37.3 Å². The number of Topliss-reactive ketones (excluding diaryl/α,β-unsaturated/α-hetero) is 1. The average molecular weight is 1140 g/mol. The number of nitrogens with two attached hydrogens (primary N) is 1. The third-order valence-electron chi connectivity index (χ3n) is 13.2. The van der Waals surface area contributed by atoms with E-state index in [4.69, 9.17) is 10.8 Å². The predicted molar refractivity (Wildman–Crippen MR) is 320 cm³/mol. The molecule has 17 heteroatoms. The lowest BCUT2D eigenvalue weighted by molar-refractivity contribution is -0.132. The quantitative estimate of drug-likeness (QED) is 0.0151. The lowest BCUT2D eigenvalue weighted by Crippen LogP contribution is -2.32. The number of carboxylic acids is 1. The van der Waals surface area contributed by atoms with Gasteiger partial charge in [-0.3, -0.25) is 4.79 Å². The van der Waals surface area contributed by atoms with Crippen molar-refractivity contribution in [3.05, 3.63) is 157 Å². The van der Waals surface area contributed by atoms with Gasteiger partial charge in [-0.25, -0.2) is 4.79 Å². The van der Waals surface area contributed by atoms with Crippen molar-refractivity contribution in [2.24, 2.45) is 23.5 Å². The Kier molecular flexibility index (Phi) is 44.8. The Morgan fingerprint density at radius 1 is 0.444 bits per heavy atom. The molecule has 16 unspecified atom stereocenters. The Labute approximate surface area is 482 Å². The predicted octanol–water partition coefficient (Wildman–Crippen LogP) is 5.67. The monoisotopic (exact) mass is 1140 g/mol. The molecule has 0 rings (SSSR count). The lowest BCUT2D eigenvalue weighted by atomic mass is 9.88. The summed E-state index contributed by atoms with van der Waals surface area (Å²) in [7, 11) is 0. The number of aliphatic carboxylic acids is 1. The van der Waals surface area contributed by atoms with Gasteiger partial charge >= 0.3 is 5.97 Å². The maximum atomic E-state index is 12.8. The molecule has 0 aromatic carbocycles. The van der Waals surface area contributed by atoms with Crippen LogP contribution in [0.15, 0.2) is 157 Å². The van der Waals surface area contributed by atoms with Crippen molar-refractivity contribution >= 4 is 11.8 Å². The largest absolute Gasteiger partial charge is 0.478 e. The third kappa shape index (κ3) is 42.6. The standard InChI is InChI=1S/C64H101NO16/c1-46(27-19-15-11-7-5-8-12-16-20-28-47(2)64(80)81)63(79)49(4)61(77)37-22-18-14-10-6-9-13-17-21-36-60(76)48(3)62(78)45-59(75)44-58(74)42-54(70)34-25-33-53(69)41-57(73)43-56(72)40-52(68)32-24-30-50(66)29-23-31-51(67)39-55(71)35-26-38-65/h5-10,12-14,16-25,27-29,32,34,37,46,48-61,63,66-77,79H,11,15,26,30-31,33,35-36,38-45,65H2,1-4H3,(H,80,81). The number of allylic oxidation sites excluding steroid dienone is 16. The molecule has 0 aliphatic heterocycles. The molecular formula is C64H101NO16. The number of hydrogen-bond donors (Lipinski definition) is 15. The van der Waals surface area contributed by atoms with Gasteiger partial charge in [0, 0.05) is 42.6 Å². The number of hydrogen-bond acceptors (Lipinski definition) is 16. The minimum absolute atomic E-state index is 0.0527. The fourth-order valence-electron chi connectivity index (χ4n) is 8.05. The minimum atomic E-state index is -1.21. The minimum Gasteiger partial charge on any atom is -0.478 e. The van der Waals surface area contributed by atoms with E-state index in [0.717, 1.165) is 12.8 Å². The fraction of sp³-hybridized carbons (Fsp3) is 0.562. The van der Waals surface area contributed by atoms with Crippen molar-refractivity contribution in [1.82, 2.24) is 0 Å². The second-order valence-electron chi connectivity index (χ2n) is 20.9. The second kappa shape index (κ2) is 47.7. The SMILES string of the molecule is CC(=CC=CC=CC=CCCC=CC(C)C(O)C(C)C(O)C=CC=CC=CC=CC=CCC(O)C(C)C(=O)CC(O)CC(O)CC(O)C=CCC(O)CC(O)CC(O)CC(O)C=CCC(O)C=CCC(O)CC(O)CCCN)C(=O)O. The molecule has 0 bridgehead atoms. The summed E-state index contributed by atoms with van der Waals surface area (Å²) in [5, 5.41) is 144. The number of aliphatic hydroxyl groups excluding tert-OH is 13. The first kappa shape index (κ1) is 76.2. The Bertz CT molecular complexity index is 2070. The number of unbranched alkanes of at least 4 members (excludes halogenated alkanes) is 1. The van der Waals surface area contributed by atoms with Crippen LogP contribution >= 0.6 is 0 Å². The molecule has 0 aliphatic rings. The van der Waals surface area contributed by atoms with Crippen LogP contribution in [0, 0.1) is 17.8 Å². The maximum absolute atomic E-state index is 12.8. The maximum Gasteiger partial charge on any atom is 0.331 e. The van der Waals surface area contributed by atoms with Crippen molar-refractivity contribution in [3.63, 3.8) is 0 Å². The molecule has 0 aliphatic carbocycles. The lowest BCUT2D eigenvalue weighted by Gasteiger charge is -2.25. The summed E-state index contributed by atoms with van der Waals surface area (Å²) in [5.41, 5.74) is 5.69. The number of carbonyl (C=O) groups excluding carboxylic acids is 1. The zero-order chi connectivity index (χ0) is 61.0. The zero-order valence-electron chi connectivity index (χ0n) is 48.1. The van der Waals surface area contributed by atoms with Crippen LogP contribution in [-0.4, -0.2) is 169 Å². The van der Waals surface area contributed by atoms with Gasteiger partial charge in [0.15, 0.2) is 0 Å². The normalized spacial score (nSPS) is 19.6. The van der Waals surface area contributed by atoms with E-state index in [-0.39, 0.29) is 87.9 Å². The first-order chi connectivity index (χ1) is 38.5. The molecule has 16 atom stereocenters. The number of carbonyl (C=O) groups is 2. The van der Waals surface area contributed by atoms with E-state index in [1.54, 1.807) is 98.9 Å². The molecule has 0 aromatic rings. The first-order valence-corrected chi connectivity index (χ1v) is 28.4. The van der Waals surface area contributed by atoms with E-state index in [9.17, 15) is 76.0 Å². The number of ketones is 1. The molecule has 81 heavy (non-hydrogen) atoms. The highest BCUT2D eigenvalue weighted by atomic mass is 16.4. The summed E-state index contributed by atoms with van der Waals surface area (Å²) in [5.74, 6) is -2.67. The van der Waals surface area contributed by atoms with E-state index in [0.29, 0.717) is 19.4 Å². The van der Waals surface area contributed by atoms with E-state index in [2.05, 4.69) is 0 Å². The van der Waals surface area contributed by atoms with Crippen LogP contribution in [0.25, 0.3) is 0 Å². The van der Waals surface area contributed by atoms with Crippen LogP contribution in [-0.2, 0) is 9.59 Å². The molecule has 458 valence electrons. The topological polar surface area (TPSA) is 343 Å². The summed E-state index contributed by atoms with van der Waals surface area (Å²) in [6.07, 6.45) is 33.0. The highest BCUT2D eigenvalue weighted by molar-refractivity contribution is 5.86. The van der Waals surface area contributed by atoms with Crippen molar-refractivity contribution in [1.29, 1.82) is 0 Å². The number of carboxylic acid groups (broad SMARTS) is 1. The molecule has 0 spiro atoms. The van der Waals surface area contributed by atoms with Gasteiger partial charge in [-0.15, -0.1) is 0 Å². The number of aliphatic hydroxyl groups is 13. The summed E-state index contributed by atoms with van der Waals surface area (Å²) in [4.78, 5) is 23.6. The number of rotatable bonds is 46. The Hall–Kier alpha value is -4.80. The van der Waals surface area contributed by atoms with Gasteiger partial charge in [0.05, 0.1) is 79.4 Å². The second-order valence-corrected chi connectivity index (χ2v) is 20.9. The highest BCUT2D eigenvalue weighted by Gasteiger charge is 2.26. The van der Waals surface area contributed by atoms with E-state index >= 15 is 0 Å². The Morgan fingerprint density at radius 2 is 0.901 bits per heavy atom. The van der Waals surface area contributed by atoms with Gasteiger partial charge in [-0.05, 0) is 90.5 Å². The van der Waals surface area contributed by atoms with Gasteiger partial charge in [-0.1, -0.05) is 173 Å². The molecule has 16 N–H and O–H groups in total. The zero-order valence-corrected chi connectivity index (χ0v) is 48.1. The van der Waals surface area contributed by atoms with E-state index in [1.807, 2.05) is 43.4 Å². The molecule has 0 radical (unpaired) electrons. The molecule has 0 aromatic heterocycles. The van der Waals surface area contributed by atoms with Crippen LogP contribution in [0.2, 0.25) is 0 Å². The molecule has 0 heterocycles. The van der Waals surface area contributed by atoms with Crippen molar-refractivity contribution < 1.29 is 81.1 Å². The average Bonchev–Trinajstić information content (AvgIpc) is 3.40. The molecule has 17 nitrogen and oxygen atoms in total. The third-order valence-corrected chi connectivity index (χ3v) is 13.2. The van der Waals surface area contributed by atoms with Crippen LogP contribution < -0.4 is 5.73 Å². The highest BCUT2D eigenvalue weighted by Crippen LogP contribution is 2.20. The molecule has 0 saturated carbocycles. The molecule has 0 fully saturated rings. The first-order valence-electron chi connectivity index (χ1n) is 28.4. The van der Waals surface area contributed by atoms with Crippen LogP contribution in [0.5, 0.6) is 0 Å². The van der Waals surface area contributed by atoms with Crippen molar-refractivity contribution in [2.45, 2.75) is 203 Å². The van der Waals surface area contributed by atoms with Crippen LogP contribution in [0.3, 0.4) is 0 Å². The van der Waals surface area contributed by atoms with Crippen molar-refractivity contribution in [3.8, 4) is 0 Å². The fourth-order valence-corrected chi connectivity index (χ4v) is 8.05. The summed E-state index contributed by atoms with van der Waals surface area (Å²) < 4.78 is 0. The Balaban J connectivity index is 4.51. The summed E-state index contributed by atoms with van der Waals surface area (Å²) >= 11 is 0.